The second kappa shape index (κ2) is 26.6. The second-order valence-electron chi connectivity index (χ2n) is 15.5. The molecule has 1 unspecified atom stereocenters. The molecule has 2 aliphatic heterocycles. The van der Waals surface area contributed by atoms with Crippen LogP contribution in [0.25, 0.3) is 0 Å². The fraction of sp³-hybridized carbons (Fsp3) is 0.889. The average Bonchev–Trinajstić information content (AvgIpc) is 3.15. The molecule has 0 aliphatic carbocycles. The molecule has 4 amide bonds. The number of alkyl carbamates (subject to hydrolysis) is 2. The average molecular weight is 891 g/mol. The molecule has 0 aromatic carbocycles. The van der Waals surface area contributed by atoms with Crippen molar-refractivity contribution in [2.24, 2.45) is 0 Å². The van der Waals surface area contributed by atoms with E-state index in [2.05, 4.69) is 21.3 Å². The predicted molar refractivity (Wildman–Crippen MR) is 208 cm³/mol. The molecule has 350 valence electrons. The van der Waals surface area contributed by atoms with E-state index in [1.54, 1.807) is 20.8 Å². The van der Waals surface area contributed by atoms with E-state index in [0.29, 0.717) is 38.5 Å². The van der Waals surface area contributed by atoms with E-state index < -0.39 is 131 Å². The van der Waals surface area contributed by atoms with Crippen LogP contribution in [0.2, 0.25) is 0 Å². The number of hydrogen-bond acceptors (Lipinski definition) is 19. The van der Waals surface area contributed by atoms with Crippen molar-refractivity contribution in [3.05, 3.63) is 0 Å². The van der Waals surface area contributed by atoms with Gasteiger partial charge in [-0.25, -0.2) is 9.59 Å². The first-order valence-corrected chi connectivity index (χ1v) is 22.0. The number of hydrogen-bond donors (Lipinski definition) is 10. The number of rotatable bonds is 25. The lowest BCUT2D eigenvalue weighted by Crippen LogP contribution is -2.64. The van der Waals surface area contributed by atoms with Crippen molar-refractivity contribution in [2.75, 3.05) is 59.4 Å². The molecule has 0 aromatic heterocycles. The first-order valence-electron chi connectivity index (χ1n) is 20.0. The highest BCUT2D eigenvalue weighted by Crippen LogP contribution is 2.48. The number of nitrogens with one attached hydrogen (secondary N) is 4. The molecule has 10 N–H and O–H groups in total. The quantitative estimate of drug-likeness (QED) is 0.0377. The molecule has 2 saturated heterocycles. The third-order valence-corrected chi connectivity index (χ3v) is 10.4. The summed E-state index contributed by atoms with van der Waals surface area (Å²) in [4.78, 5) is 48.1. The van der Waals surface area contributed by atoms with Gasteiger partial charge < -0.3 is 84.9 Å². The van der Waals surface area contributed by atoms with Crippen LogP contribution in [0.3, 0.4) is 0 Å². The molecular weight excluding hydrogens is 823 g/mol. The van der Waals surface area contributed by atoms with Crippen LogP contribution in [0.1, 0.15) is 73.1 Å². The highest BCUT2D eigenvalue weighted by molar-refractivity contribution is 7.53. The summed E-state index contributed by atoms with van der Waals surface area (Å²) in [5.74, 6) is -0.938. The van der Waals surface area contributed by atoms with Gasteiger partial charge >= 0.3 is 19.8 Å². The summed E-state index contributed by atoms with van der Waals surface area (Å²) in [6.45, 7) is 7.46. The molecular formula is C36H67N4O19P. The van der Waals surface area contributed by atoms with Crippen LogP contribution in [0, 0.1) is 0 Å². The maximum atomic E-state index is 13.1. The molecule has 0 radical (unpaired) electrons. The monoisotopic (exact) mass is 890 g/mol. The Labute approximate surface area is 349 Å². The van der Waals surface area contributed by atoms with Crippen molar-refractivity contribution in [2.45, 2.75) is 146 Å². The van der Waals surface area contributed by atoms with Crippen molar-refractivity contribution in [3.63, 3.8) is 0 Å². The Morgan fingerprint density at radius 3 is 1.42 bits per heavy atom. The third kappa shape index (κ3) is 20.0. The van der Waals surface area contributed by atoms with Crippen LogP contribution >= 0.6 is 7.60 Å². The Morgan fingerprint density at radius 1 is 0.667 bits per heavy atom. The van der Waals surface area contributed by atoms with E-state index in [4.69, 9.17) is 37.5 Å². The van der Waals surface area contributed by atoms with Gasteiger partial charge in [-0.05, 0) is 59.3 Å². The molecule has 2 heterocycles. The maximum absolute atomic E-state index is 13.1. The standard InChI is InChI=1S/C36H67N4O19P/c1-21(43)39-26-30(47)28(45)24(17-41)56-32(26)52-15-11-7-9-13-37-34(49)54-19-23(58-60(6,51)59-36(3,4)5)20-55-35(50)38-14-10-8-12-16-53-33-27(40-22(2)44)31(48)29(46)25(18-42)57-33/h23-33,41-42,45-48H,7-20H2,1-6H3,(H,37,49)(H,38,50)(H,39,43)(H,40,44)/t24-,25-,26-,27-,28+,29+,30-,31-,32-,33-,60?/m1/s1. The molecule has 0 saturated carbocycles. The summed E-state index contributed by atoms with van der Waals surface area (Å²) in [6, 6.07) is -2.10. The minimum absolute atomic E-state index is 0.145. The summed E-state index contributed by atoms with van der Waals surface area (Å²) in [6.07, 6.45) is -9.72. The van der Waals surface area contributed by atoms with Crippen LogP contribution < -0.4 is 21.3 Å². The molecule has 0 aromatic rings. The van der Waals surface area contributed by atoms with Gasteiger partial charge in [0.05, 0.1) is 18.8 Å². The molecule has 2 fully saturated rings. The maximum Gasteiger partial charge on any atom is 0.407 e. The van der Waals surface area contributed by atoms with E-state index >= 15 is 0 Å². The van der Waals surface area contributed by atoms with E-state index in [1.165, 1.54) is 20.5 Å². The van der Waals surface area contributed by atoms with Gasteiger partial charge in [-0.15, -0.1) is 0 Å². The van der Waals surface area contributed by atoms with E-state index in [-0.39, 0.29) is 26.3 Å². The van der Waals surface area contributed by atoms with E-state index in [1.807, 2.05) is 0 Å². The van der Waals surface area contributed by atoms with Gasteiger partial charge in [-0.2, -0.15) is 0 Å². The fourth-order valence-corrected chi connectivity index (χ4v) is 7.85. The molecule has 2 aliphatic rings. The Kier molecular flexibility index (Phi) is 23.7. The number of aliphatic hydroxyl groups is 6. The van der Waals surface area contributed by atoms with Crippen LogP contribution in [-0.2, 0) is 51.6 Å². The normalized spacial score (nSPS) is 28.0. The van der Waals surface area contributed by atoms with Gasteiger partial charge in [0, 0.05) is 46.8 Å². The molecule has 60 heavy (non-hydrogen) atoms. The number of unbranched alkanes of at least 4 members (excludes halogenated alkanes) is 4. The fourth-order valence-electron chi connectivity index (χ4n) is 6.15. The van der Waals surface area contributed by atoms with E-state index in [0.717, 1.165) is 0 Å². The summed E-state index contributed by atoms with van der Waals surface area (Å²) in [7, 11) is -3.71. The summed E-state index contributed by atoms with van der Waals surface area (Å²) < 4.78 is 57.1. The van der Waals surface area contributed by atoms with Crippen LogP contribution in [0.15, 0.2) is 0 Å². The molecule has 0 bridgehead atoms. The van der Waals surface area contributed by atoms with Crippen molar-refractivity contribution in [1.29, 1.82) is 0 Å². The van der Waals surface area contributed by atoms with Gasteiger partial charge in [0.2, 0.25) is 11.8 Å². The predicted octanol–water partition coefficient (Wildman–Crippen LogP) is -1.28. The molecule has 23 nitrogen and oxygen atoms in total. The first-order chi connectivity index (χ1) is 28.2. The third-order valence-electron chi connectivity index (χ3n) is 8.83. The lowest BCUT2D eigenvalue weighted by atomic mass is 9.97. The van der Waals surface area contributed by atoms with Crippen molar-refractivity contribution in [3.8, 4) is 0 Å². The van der Waals surface area contributed by atoms with Gasteiger partial charge in [0.25, 0.3) is 0 Å². The Hall–Kier alpha value is -2.77. The minimum atomic E-state index is -3.71. The molecule has 2 rings (SSSR count). The lowest BCUT2D eigenvalue weighted by molar-refractivity contribution is -0.270. The van der Waals surface area contributed by atoms with Crippen LogP contribution in [0.5, 0.6) is 0 Å². The Bertz CT molecular complexity index is 1280. The number of aliphatic hydroxyl groups excluding tert-OH is 6. The lowest BCUT2D eigenvalue weighted by Gasteiger charge is -2.42. The highest BCUT2D eigenvalue weighted by atomic mass is 31.2. The zero-order valence-electron chi connectivity index (χ0n) is 35.2. The van der Waals surface area contributed by atoms with Gasteiger partial charge in [-0.1, -0.05) is 0 Å². The topological polar surface area (TPSA) is 329 Å². The van der Waals surface area contributed by atoms with Gasteiger partial charge in [0.1, 0.15) is 68.0 Å². The highest BCUT2D eigenvalue weighted by Gasteiger charge is 2.46. The number of ether oxygens (including phenoxy) is 6. The van der Waals surface area contributed by atoms with Crippen LogP contribution in [0.4, 0.5) is 9.59 Å². The van der Waals surface area contributed by atoms with Crippen molar-refractivity contribution in [1.82, 2.24) is 21.3 Å². The number of carbonyl (C=O) groups is 4. The summed E-state index contributed by atoms with van der Waals surface area (Å²) in [5.41, 5.74) is -0.842. The molecule has 24 heteroatoms. The Morgan fingerprint density at radius 2 is 1.07 bits per heavy atom. The van der Waals surface area contributed by atoms with Gasteiger partial charge in [0.15, 0.2) is 12.6 Å². The van der Waals surface area contributed by atoms with Crippen molar-refractivity contribution >= 4 is 31.6 Å². The minimum Gasteiger partial charge on any atom is -0.447 e. The molecule has 0 spiro atoms. The smallest absolute Gasteiger partial charge is 0.407 e. The number of carbonyl (C=O) groups excluding carboxylic acids is 4. The largest absolute Gasteiger partial charge is 0.447 e. The second-order valence-corrected chi connectivity index (χ2v) is 17.4. The SMILES string of the molecule is CC(=O)N[C@H]1[C@H](OCCCCCNC(=O)OCC(COC(=O)NCCCCCO[C@@H]2O[C@H](CO)[C@H](O)[C@H](O)[C@H]2NC(C)=O)OP(C)(=O)OC(C)(C)C)O[C@H](CO)[C@H](O)[C@@H]1O. The van der Waals surface area contributed by atoms with Crippen LogP contribution in [-0.4, -0.2) is 187 Å². The summed E-state index contributed by atoms with van der Waals surface area (Å²) >= 11 is 0. The Balaban J connectivity index is 1.73. The van der Waals surface area contributed by atoms with Crippen molar-refractivity contribution < 1.29 is 91.9 Å². The zero-order chi connectivity index (χ0) is 45.0. The van der Waals surface area contributed by atoms with Gasteiger partial charge in [-0.3, -0.25) is 18.7 Å². The molecule has 11 atom stereocenters. The summed E-state index contributed by atoms with van der Waals surface area (Å²) in [5, 5.41) is 70.0. The van der Waals surface area contributed by atoms with E-state index in [9.17, 15) is 54.4 Å². The number of amides is 4. The zero-order valence-corrected chi connectivity index (χ0v) is 36.1. The first kappa shape index (κ1) is 53.4.